The molecule has 1 fully saturated rings. The van der Waals surface area contributed by atoms with Crippen LogP contribution in [0.2, 0.25) is 5.02 Å². The molecule has 1 aromatic heterocycles. The molecule has 1 aliphatic rings. The smallest absolute Gasteiger partial charge is 0.254 e. The molecule has 3 rings (SSSR count). The van der Waals surface area contributed by atoms with Gasteiger partial charge in [-0.15, -0.1) is 11.3 Å². The molecule has 0 atom stereocenters. The first kappa shape index (κ1) is 16.0. The Morgan fingerprint density at radius 3 is 2.87 bits per heavy atom. The van der Waals surface area contributed by atoms with E-state index in [4.69, 9.17) is 11.6 Å². The van der Waals surface area contributed by atoms with Gasteiger partial charge in [-0.25, -0.2) is 4.98 Å². The molecular weight excluding hydrogens is 334 g/mol. The lowest BCUT2D eigenvalue weighted by Crippen LogP contribution is -2.39. The third-order valence-corrected chi connectivity index (χ3v) is 4.47. The molecule has 5 nitrogen and oxygen atoms in total. The van der Waals surface area contributed by atoms with Crippen LogP contribution in [0.4, 0.5) is 5.13 Å². The fourth-order valence-electron chi connectivity index (χ4n) is 2.25. The summed E-state index contributed by atoms with van der Waals surface area (Å²) >= 11 is 7.30. The third-order valence-electron chi connectivity index (χ3n) is 3.55. The average Bonchev–Trinajstić information content (AvgIpc) is 3.20. The predicted octanol–water partition coefficient (Wildman–Crippen LogP) is 3.29. The van der Waals surface area contributed by atoms with Crippen molar-refractivity contribution in [1.29, 1.82) is 0 Å². The van der Waals surface area contributed by atoms with Gasteiger partial charge in [0.25, 0.3) is 5.91 Å². The summed E-state index contributed by atoms with van der Waals surface area (Å²) in [5, 5.41) is 5.55. The molecule has 0 aliphatic heterocycles. The fourth-order valence-corrected chi connectivity index (χ4v) is 2.99. The lowest BCUT2D eigenvalue weighted by molar-refractivity contribution is -0.116. The molecule has 1 aromatic carbocycles. The summed E-state index contributed by atoms with van der Waals surface area (Å²) in [6.45, 7) is 0.609. The minimum Gasteiger partial charge on any atom is -0.329 e. The molecule has 1 heterocycles. The van der Waals surface area contributed by atoms with Gasteiger partial charge in [0.2, 0.25) is 5.91 Å². The van der Waals surface area contributed by atoms with Crippen LogP contribution in [0.3, 0.4) is 0 Å². The van der Waals surface area contributed by atoms with Crippen molar-refractivity contribution in [3.63, 3.8) is 0 Å². The van der Waals surface area contributed by atoms with Crippen LogP contribution >= 0.6 is 22.9 Å². The van der Waals surface area contributed by atoms with E-state index in [1.165, 1.54) is 11.3 Å². The van der Waals surface area contributed by atoms with Crippen molar-refractivity contribution in [2.75, 3.05) is 18.4 Å². The monoisotopic (exact) mass is 349 g/mol. The summed E-state index contributed by atoms with van der Waals surface area (Å²) in [7, 11) is 0. The van der Waals surface area contributed by atoms with Gasteiger partial charge in [-0.1, -0.05) is 17.7 Å². The van der Waals surface area contributed by atoms with Crippen LogP contribution in [0.15, 0.2) is 35.8 Å². The van der Waals surface area contributed by atoms with Gasteiger partial charge in [-0.3, -0.25) is 9.59 Å². The Hall–Kier alpha value is -1.92. The third kappa shape index (κ3) is 4.53. The predicted molar refractivity (Wildman–Crippen MR) is 90.8 cm³/mol. The van der Waals surface area contributed by atoms with Gasteiger partial charge in [0.15, 0.2) is 5.13 Å². The molecule has 0 bridgehead atoms. The van der Waals surface area contributed by atoms with E-state index in [0.29, 0.717) is 28.2 Å². The van der Waals surface area contributed by atoms with Crippen LogP contribution in [-0.4, -0.2) is 34.8 Å². The van der Waals surface area contributed by atoms with E-state index in [1.807, 2.05) is 0 Å². The molecule has 1 saturated carbocycles. The maximum Gasteiger partial charge on any atom is 0.254 e. The molecule has 2 aromatic rings. The van der Waals surface area contributed by atoms with Gasteiger partial charge in [0.05, 0.1) is 0 Å². The quantitative estimate of drug-likeness (QED) is 0.870. The van der Waals surface area contributed by atoms with Gasteiger partial charge in [0.1, 0.15) is 6.54 Å². The Morgan fingerprint density at radius 2 is 2.22 bits per heavy atom. The van der Waals surface area contributed by atoms with Crippen LogP contribution in [-0.2, 0) is 4.79 Å². The highest BCUT2D eigenvalue weighted by molar-refractivity contribution is 7.13. The highest BCUT2D eigenvalue weighted by Crippen LogP contribution is 2.30. The summed E-state index contributed by atoms with van der Waals surface area (Å²) in [5.74, 6) is 0.0791. The zero-order valence-electron chi connectivity index (χ0n) is 12.4. The van der Waals surface area contributed by atoms with E-state index in [9.17, 15) is 9.59 Å². The molecule has 120 valence electrons. The van der Waals surface area contributed by atoms with Gasteiger partial charge in [0, 0.05) is 28.7 Å². The topological polar surface area (TPSA) is 62.3 Å². The second-order valence-electron chi connectivity index (χ2n) is 5.52. The summed E-state index contributed by atoms with van der Waals surface area (Å²) in [5.41, 5.74) is 0.500. The first-order chi connectivity index (χ1) is 11.1. The molecule has 0 spiro atoms. The normalized spacial score (nSPS) is 13.6. The summed E-state index contributed by atoms with van der Waals surface area (Å²) in [4.78, 5) is 30.4. The molecule has 1 N–H and O–H groups in total. The van der Waals surface area contributed by atoms with Crippen LogP contribution in [0.5, 0.6) is 0 Å². The van der Waals surface area contributed by atoms with Gasteiger partial charge < -0.3 is 10.2 Å². The highest BCUT2D eigenvalue weighted by Gasteiger charge is 2.28. The Kier molecular flexibility index (Phi) is 4.93. The number of carbonyl (C=O) groups excluding carboxylic acids is 2. The SMILES string of the molecule is O=C(CN(CC1CC1)C(=O)c1cccc(Cl)c1)Nc1nccs1. The fraction of sp³-hybridized carbons (Fsp3) is 0.312. The lowest BCUT2D eigenvalue weighted by atomic mass is 10.2. The number of aromatic nitrogens is 1. The number of halogens is 1. The van der Waals surface area contributed by atoms with Gasteiger partial charge in [-0.05, 0) is 37.0 Å². The second-order valence-corrected chi connectivity index (χ2v) is 6.86. The van der Waals surface area contributed by atoms with Crippen molar-refractivity contribution >= 4 is 39.9 Å². The minimum atomic E-state index is -0.240. The number of rotatable bonds is 6. The van der Waals surface area contributed by atoms with Gasteiger partial charge in [-0.2, -0.15) is 0 Å². The van der Waals surface area contributed by atoms with Crippen molar-refractivity contribution < 1.29 is 9.59 Å². The maximum absolute atomic E-state index is 12.7. The van der Waals surface area contributed by atoms with E-state index in [0.717, 1.165) is 12.8 Å². The maximum atomic E-state index is 12.7. The summed E-state index contributed by atoms with van der Waals surface area (Å²) < 4.78 is 0. The van der Waals surface area contributed by atoms with Crippen molar-refractivity contribution in [3.8, 4) is 0 Å². The molecule has 7 heteroatoms. The summed E-state index contributed by atoms with van der Waals surface area (Å²) in [6, 6.07) is 6.80. The largest absolute Gasteiger partial charge is 0.329 e. The molecule has 23 heavy (non-hydrogen) atoms. The van der Waals surface area contributed by atoms with Crippen LogP contribution < -0.4 is 5.32 Å². The number of nitrogens with one attached hydrogen (secondary N) is 1. The standard InChI is InChI=1S/C16H16ClN3O2S/c17-13-3-1-2-12(8-13)15(22)20(9-11-4-5-11)10-14(21)19-16-18-6-7-23-16/h1-3,6-8,11H,4-5,9-10H2,(H,18,19,21). The Morgan fingerprint density at radius 1 is 1.39 bits per heavy atom. The number of thiazole rings is 1. The Labute approximate surface area is 143 Å². The Balaban J connectivity index is 1.69. The number of hydrogen-bond donors (Lipinski definition) is 1. The number of hydrogen-bond acceptors (Lipinski definition) is 4. The van der Waals surface area contributed by atoms with Crippen LogP contribution in [0.25, 0.3) is 0 Å². The molecule has 0 unspecified atom stereocenters. The molecule has 1 aliphatic carbocycles. The Bertz CT molecular complexity index is 701. The number of carbonyl (C=O) groups is 2. The van der Waals surface area contributed by atoms with Crippen molar-refractivity contribution in [2.24, 2.45) is 5.92 Å². The minimum absolute atomic E-state index is 0.0153. The van der Waals surface area contributed by atoms with E-state index >= 15 is 0 Å². The van der Waals surface area contributed by atoms with E-state index in [1.54, 1.807) is 40.7 Å². The first-order valence-electron chi connectivity index (χ1n) is 7.36. The van der Waals surface area contributed by atoms with Gasteiger partial charge >= 0.3 is 0 Å². The van der Waals surface area contributed by atoms with E-state index in [-0.39, 0.29) is 18.4 Å². The van der Waals surface area contributed by atoms with Crippen molar-refractivity contribution in [2.45, 2.75) is 12.8 Å². The van der Waals surface area contributed by atoms with Crippen LogP contribution in [0, 0.1) is 5.92 Å². The lowest BCUT2D eigenvalue weighted by Gasteiger charge is -2.22. The molecule has 2 amide bonds. The number of nitrogens with zero attached hydrogens (tertiary/aromatic N) is 2. The second kappa shape index (κ2) is 7.10. The molecular formula is C16H16ClN3O2S. The number of amides is 2. The van der Waals surface area contributed by atoms with Crippen molar-refractivity contribution in [1.82, 2.24) is 9.88 Å². The van der Waals surface area contributed by atoms with E-state index < -0.39 is 0 Å². The zero-order valence-corrected chi connectivity index (χ0v) is 13.9. The molecule has 0 radical (unpaired) electrons. The number of benzene rings is 1. The first-order valence-corrected chi connectivity index (χ1v) is 8.62. The number of anilines is 1. The average molecular weight is 350 g/mol. The molecule has 0 saturated heterocycles. The summed E-state index contributed by atoms with van der Waals surface area (Å²) in [6.07, 6.45) is 3.83. The van der Waals surface area contributed by atoms with Crippen molar-refractivity contribution in [3.05, 3.63) is 46.4 Å². The van der Waals surface area contributed by atoms with Crippen LogP contribution in [0.1, 0.15) is 23.2 Å². The zero-order chi connectivity index (χ0) is 16.2. The van der Waals surface area contributed by atoms with E-state index in [2.05, 4.69) is 10.3 Å². The highest BCUT2D eigenvalue weighted by atomic mass is 35.5.